The summed E-state index contributed by atoms with van der Waals surface area (Å²) in [5.41, 5.74) is 0. The number of hydrogen-bond acceptors (Lipinski definition) is 5. The number of likely N-dealkylation sites (tertiary alicyclic amines) is 1. The average molecular weight is 539 g/mol. The van der Waals surface area contributed by atoms with E-state index in [0.717, 1.165) is 31.8 Å². The van der Waals surface area contributed by atoms with Crippen molar-refractivity contribution < 1.29 is 12.8 Å². The van der Waals surface area contributed by atoms with Crippen LogP contribution in [0.5, 0.6) is 0 Å². The van der Waals surface area contributed by atoms with Gasteiger partial charge in [0.05, 0.1) is 24.6 Å². The monoisotopic (exact) mass is 539 g/mol. The quantitative estimate of drug-likeness (QED) is 0.299. The number of hydrogen-bond donors (Lipinski definition) is 2. The van der Waals surface area contributed by atoms with E-state index in [1.54, 1.807) is 10.6 Å². The Balaban J connectivity index is 0.00000300. The first kappa shape index (κ1) is 24.4. The molecular formula is C19H34IN5O3S. The Bertz CT molecular complexity index is 720. The van der Waals surface area contributed by atoms with Gasteiger partial charge in [-0.15, -0.1) is 24.0 Å². The van der Waals surface area contributed by atoms with Crippen molar-refractivity contribution in [3.63, 3.8) is 0 Å². The smallest absolute Gasteiger partial charge is 0.214 e. The van der Waals surface area contributed by atoms with Crippen LogP contribution in [0.1, 0.15) is 44.4 Å². The maximum Gasteiger partial charge on any atom is 0.214 e. The van der Waals surface area contributed by atoms with Gasteiger partial charge in [-0.25, -0.2) is 12.7 Å². The molecule has 1 atom stereocenters. The predicted octanol–water partition coefficient (Wildman–Crippen LogP) is 2.02. The van der Waals surface area contributed by atoms with E-state index in [0.29, 0.717) is 32.1 Å². The lowest BCUT2D eigenvalue weighted by Crippen LogP contribution is -2.42. The summed E-state index contributed by atoms with van der Waals surface area (Å²) < 4.78 is 31.1. The van der Waals surface area contributed by atoms with Gasteiger partial charge in [-0.1, -0.05) is 6.42 Å². The maximum atomic E-state index is 11.9. The molecule has 10 heteroatoms. The van der Waals surface area contributed by atoms with Crippen molar-refractivity contribution in [1.29, 1.82) is 0 Å². The van der Waals surface area contributed by atoms with Crippen molar-refractivity contribution >= 4 is 40.0 Å². The maximum absolute atomic E-state index is 11.9. The highest BCUT2D eigenvalue weighted by Gasteiger charge is 2.27. The number of nitrogens with one attached hydrogen (secondary N) is 2. The Morgan fingerprint density at radius 1 is 1.21 bits per heavy atom. The molecule has 3 rings (SSSR count). The van der Waals surface area contributed by atoms with E-state index in [4.69, 9.17) is 9.41 Å². The third kappa shape index (κ3) is 7.11. The van der Waals surface area contributed by atoms with Gasteiger partial charge in [0.15, 0.2) is 5.96 Å². The molecule has 1 unspecified atom stereocenters. The lowest BCUT2D eigenvalue weighted by atomic mass is 10.1. The summed E-state index contributed by atoms with van der Waals surface area (Å²) in [5.74, 6) is 1.93. The first-order valence-electron chi connectivity index (χ1n) is 10.4. The third-order valence-corrected chi connectivity index (χ3v) is 7.28. The molecule has 29 heavy (non-hydrogen) atoms. The van der Waals surface area contributed by atoms with Crippen LogP contribution in [0.15, 0.2) is 27.8 Å². The second-order valence-corrected chi connectivity index (χ2v) is 9.43. The number of nitrogens with zero attached hydrogens (tertiary/aromatic N) is 3. The van der Waals surface area contributed by atoms with Crippen LogP contribution in [0.25, 0.3) is 0 Å². The van der Waals surface area contributed by atoms with Crippen molar-refractivity contribution in [3.05, 3.63) is 24.2 Å². The van der Waals surface area contributed by atoms with Crippen molar-refractivity contribution in [3.8, 4) is 0 Å². The molecule has 1 aromatic heterocycles. The zero-order valence-corrected chi connectivity index (χ0v) is 20.3. The van der Waals surface area contributed by atoms with Crippen LogP contribution in [0.2, 0.25) is 0 Å². The van der Waals surface area contributed by atoms with Crippen LogP contribution in [0.3, 0.4) is 0 Å². The van der Waals surface area contributed by atoms with Crippen molar-refractivity contribution in [2.75, 3.05) is 51.6 Å². The SMILES string of the molecule is CCNC(=NCC(c1ccco1)N1CCCCC1)NCCN1CCCS1(=O)=O.I. The fourth-order valence-electron chi connectivity index (χ4n) is 3.86. The summed E-state index contributed by atoms with van der Waals surface area (Å²) in [7, 11) is -3.05. The molecule has 166 valence electrons. The van der Waals surface area contributed by atoms with Gasteiger partial charge < -0.3 is 15.1 Å². The van der Waals surface area contributed by atoms with E-state index < -0.39 is 10.0 Å². The van der Waals surface area contributed by atoms with Crippen molar-refractivity contribution in [1.82, 2.24) is 19.8 Å². The lowest BCUT2D eigenvalue weighted by molar-refractivity contribution is 0.150. The topological polar surface area (TPSA) is 90.2 Å². The minimum absolute atomic E-state index is 0. The van der Waals surface area contributed by atoms with E-state index in [1.807, 2.05) is 19.1 Å². The van der Waals surface area contributed by atoms with Crippen LogP contribution < -0.4 is 10.6 Å². The number of halogens is 1. The number of guanidine groups is 1. The molecule has 8 nitrogen and oxygen atoms in total. The highest BCUT2D eigenvalue weighted by atomic mass is 127. The number of furan rings is 1. The molecule has 0 aromatic carbocycles. The largest absolute Gasteiger partial charge is 0.468 e. The molecule has 0 bridgehead atoms. The number of rotatable bonds is 8. The summed E-state index contributed by atoms with van der Waals surface area (Å²) in [6, 6.07) is 4.08. The molecule has 1 aromatic rings. The van der Waals surface area contributed by atoms with Gasteiger partial charge in [0, 0.05) is 26.2 Å². The Kier molecular flexibility index (Phi) is 10.2. The summed E-state index contributed by atoms with van der Waals surface area (Å²) in [6.45, 7) is 7.15. The van der Waals surface area contributed by atoms with Crippen LogP contribution in [-0.2, 0) is 10.0 Å². The van der Waals surface area contributed by atoms with Gasteiger partial charge in [-0.3, -0.25) is 9.89 Å². The van der Waals surface area contributed by atoms with Crippen LogP contribution in [-0.4, -0.2) is 75.1 Å². The zero-order chi connectivity index (χ0) is 19.8. The zero-order valence-electron chi connectivity index (χ0n) is 17.2. The summed E-state index contributed by atoms with van der Waals surface area (Å²) in [5, 5.41) is 6.53. The Hall–Kier alpha value is -0.850. The van der Waals surface area contributed by atoms with E-state index in [9.17, 15) is 8.42 Å². The van der Waals surface area contributed by atoms with E-state index in [2.05, 4.69) is 15.5 Å². The Morgan fingerprint density at radius 3 is 2.62 bits per heavy atom. The van der Waals surface area contributed by atoms with Gasteiger partial charge in [0.2, 0.25) is 10.0 Å². The first-order chi connectivity index (χ1) is 13.6. The lowest BCUT2D eigenvalue weighted by Gasteiger charge is -2.32. The average Bonchev–Trinajstić information content (AvgIpc) is 3.33. The fraction of sp³-hybridized carbons (Fsp3) is 0.737. The van der Waals surface area contributed by atoms with Crippen molar-refractivity contribution in [2.24, 2.45) is 4.99 Å². The Labute approximate surface area is 191 Å². The second kappa shape index (κ2) is 12.1. The van der Waals surface area contributed by atoms with Crippen LogP contribution in [0, 0.1) is 0 Å². The molecule has 0 spiro atoms. The highest BCUT2D eigenvalue weighted by molar-refractivity contribution is 14.0. The molecule has 0 saturated carbocycles. The second-order valence-electron chi connectivity index (χ2n) is 7.34. The first-order valence-corrected chi connectivity index (χ1v) is 12.0. The molecule has 0 aliphatic carbocycles. The number of piperidine rings is 1. The van der Waals surface area contributed by atoms with Gasteiger partial charge in [-0.05, 0) is 51.4 Å². The predicted molar refractivity (Wildman–Crippen MR) is 126 cm³/mol. The molecular weight excluding hydrogens is 505 g/mol. The van der Waals surface area contributed by atoms with Crippen LogP contribution in [0.4, 0.5) is 0 Å². The normalized spacial score (nSPS) is 21.5. The van der Waals surface area contributed by atoms with E-state index in [1.165, 1.54) is 19.3 Å². The highest BCUT2D eigenvalue weighted by Crippen LogP contribution is 2.25. The molecule has 2 N–H and O–H groups in total. The molecule has 2 fully saturated rings. The number of sulfonamides is 1. The van der Waals surface area contributed by atoms with Gasteiger partial charge in [0.1, 0.15) is 5.76 Å². The summed E-state index contributed by atoms with van der Waals surface area (Å²) in [4.78, 5) is 7.22. The summed E-state index contributed by atoms with van der Waals surface area (Å²) in [6.07, 6.45) is 6.15. The molecule has 2 saturated heterocycles. The fourth-order valence-corrected chi connectivity index (χ4v) is 5.39. The third-order valence-electron chi connectivity index (χ3n) is 5.33. The van der Waals surface area contributed by atoms with E-state index in [-0.39, 0.29) is 35.8 Å². The standard InChI is InChI=1S/C19H33N5O3S.HI/c1-2-20-19(21-9-13-24-12-7-15-28(24,25)26)22-16-17(18-8-6-14-27-18)23-10-4-3-5-11-23;/h6,8,14,17H,2-5,7,9-13,15-16H2,1H3,(H2,20,21,22);1H. The van der Waals surface area contributed by atoms with E-state index >= 15 is 0 Å². The minimum atomic E-state index is -3.05. The van der Waals surface area contributed by atoms with Crippen molar-refractivity contribution in [2.45, 2.75) is 38.6 Å². The molecule has 3 heterocycles. The summed E-state index contributed by atoms with van der Waals surface area (Å²) >= 11 is 0. The van der Waals surface area contributed by atoms with Gasteiger partial charge >= 0.3 is 0 Å². The molecule has 0 amide bonds. The van der Waals surface area contributed by atoms with Gasteiger partial charge in [-0.2, -0.15) is 0 Å². The number of aliphatic imine (C=N–C) groups is 1. The van der Waals surface area contributed by atoms with Gasteiger partial charge in [0.25, 0.3) is 0 Å². The minimum Gasteiger partial charge on any atom is -0.468 e. The Morgan fingerprint density at radius 2 is 2.00 bits per heavy atom. The molecule has 2 aliphatic heterocycles. The molecule has 0 radical (unpaired) electrons. The van der Waals surface area contributed by atoms with Crippen LogP contribution >= 0.6 is 24.0 Å². The molecule has 2 aliphatic rings.